The van der Waals surface area contributed by atoms with Crippen LogP contribution in [-0.4, -0.2) is 43.4 Å². The summed E-state index contributed by atoms with van der Waals surface area (Å²) >= 11 is 0. The average molecular weight is 778 g/mol. The fourth-order valence-electron chi connectivity index (χ4n) is 6.13. The summed E-state index contributed by atoms with van der Waals surface area (Å²) in [4.78, 5) is 39.9. The molecular formula is C49H79NO6. The zero-order valence-corrected chi connectivity index (χ0v) is 36.0. The molecule has 0 unspecified atom stereocenters. The molecule has 316 valence electrons. The third-order valence-corrected chi connectivity index (χ3v) is 9.45. The second kappa shape index (κ2) is 37.1. The van der Waals surface area contributed by atoms with Crippen LogP contribution in [0.5, 0.6) is 11.5 Å². The van der Waals surface area contributed by atoms with Crippen LogP contribution in [0.1, 0.15) is 186 Å². The molecule has 1 aromatic carbocycles. The minimum Gasteiger partial charge on any atom is -0.461 e. The summed E-state index contributed by atoms with van der Waals surface area (Å²) in [5, 5.41) is 0. The Labute approximate surface area is 342 Å². The van der Waals surface area contributed by atoms with E-state index in [1.54, 1.807) is 18.2 Å². The predicted molar refractivity (Wildman–Crippen MR) is 234 cm³/mol. The average Bonchev–Trinajstić information content (AvgIpc) is 3.16. The van der Waals surface area contributed by atoms with Gasteiger partial charge < -0.3 is 19.1 Å². The highest BCUT2D eigenvalue weighted by atomic mass is 16.5. The first kappa shape index (κ1) is 50.6. The van der Waals surface area contributed by atoms with E-state index in [1.165, 1.54) is 51.4 Å². The second-order valence-electron chi connectivity index (χ2n) is 15.3. The van der Waals surface area contributed by atoms with Gasteiger partial charge in [-0.05, 0) is 122 Å². The first-order chi connectivity index (χ1) is 27.3. The fraction of sp³-hybridized carbons (Fsp3) is 0.653. The van der Waals surface area contributed by atoms with Gasteiger partial charge >= 0.3 is 17.9 Å². The van der Waals surface area contributed by atoms with Crippen molar-refractivity contribution in [2.24, 2.45) is 0 Å². The van der Waals surface area contributed by atoms with Gasteiger partial charge in [-0.2, -0.15) is 0 Å². The van der Waals surface area contributed by atoms with Gasteiger partial charge in [-0.1, -0.05) is 127 Å². The third-order valence-electron chi connectivity index (χ3n) is 9.45. The Morgan fingerprint density at radius 2 is 0.875 bits per heavy atom. The largest absolute Gasteiger partial charge is 0.461 e. The molecule has 56 heavy (non-hydrogen) atoms. The number of carbonyl (C=O) groups is 3. The normalized spacial score (nSPS) is 11.9. The van der Waals surface area contributed by atoms with E-state index in [9.17, 15) is 14.4 Å². The molecule has 0 aliphatic heterocycles. The Morgan fingerprint density at radius 1 is 0.482 bits per heavy atom. The van der Waals surface area contributed by atoms with Crippen molar-refractivity contribution in [1.29, 1.82) is 0 Å². The van der Waals surface area contributed by atoms with Crippen molar-refractivity contribution < 1.29 is 28.6 Å². The number of rotatable bonds is 36. The Bertz CT molecular complexity index is 1180. The molecule has 0 saturated heterocycles. The van der Waals surface area contributed by atoms with Crippen LogP contribution in [0.2, 0.25) is 0 Å². The van der Waals surface area contributed by atoms with Crippen LogP contribution in [0.25, 0.3) is 0 Å². The maximum atomic E-state index is 12.8. The summed E-state index contributed by atoms with van der Waals surface area (Å²) in [5.41, 5.74) is 0.605. The second-order valence-corrected chi connectivity index (χ2v) is 15.3. The zero-order valence-electron chi connectivity index (χ0n) is 36.0. The van der Waals surface area contributed by atoms with Crippen LogP contribution in [0.3, 0.4) is 0 Å². The van der Waals surface area contributed by atoms with Crippen molar-refractivity contribution in [2.75, 3.05) is 20.6 Å². The quantitative estimate of drug-likeness (QED) is 0.0290. The predicted octanol–water partition coefficient (Wildman–Crippen LogP) is 13.5. The van der Waals surface area contributed by atoms with Gasteiger partial charge in [-0.3, -0.25) is 14.4 Å². The summed E-state index contributed by atoms with van der Waals surface area (Å²) in [6, 6.07) is 4.93. The van der Waals surface area contributed by atoms with E-state index in [1.807, 2.05) is 19.0 Å². The van der Waals surface area contributed by atoms with E-state index >= 15 is 0 Å². The maximum absolute atomic E-state index is 12.8. The van der Waals surface area contributed by atoms with Crippen molar-refractivity contribution >= 4 is 17.9 Å². The Morgan fingerprint density at radius 3 is 1.30 bits per heavy atom. The lowest BCUT2D eigenvalue weighted by Crippen LogP contribution is -2.15. The van der Waals surface area contributed by atoms with Gasteiger partial charge in [0.05, 0.1) is 0 Å². The molecule has 0 radical (unpaired) electrons. The van der Waals surface area contributed by atoms with Gasteiger partial charge in [0.2, 0.25) is 0 Å². The molecule has 0 aliphatic rings. The topological polar surface area (TPSA) is 82.1 Å². The molecule has 0 bridgehead atoms. The molecule has 0 saturated carbocycles. The summed E-state index contributed by atoms with van der Waals surface area (Å²) in [6.07, 6.45) is 44.4. The molecule has 1 aromatic rings. The van der Waals surface area contributed by atoms with E-state index in [0.29, 0.717) is 42.7 Å². The summed E-state index contributed by atoms with van der Waals surface area (Å²) in [5.74, 6) is -0.362. The van der Waals surface area contributed by atoms with Gasteiger partial charge in [-0.15, -0.1) is 0 Å². The number of carbonyl (C=O) groups excluding carboxylic acids is 3. The van der Waals surface area contributed by atoms with E-state index in [-0.39, 0.29) is 24.5 Å². The summed E-state index contributed by atoms with van der Waals surface area (Å²) in [6.45, 7) is 5.27. The molecule has 7 nitrogen and oxygen atoms in total. The number of nitrogens with zero attached hydrogens (tertiary/aromatic N) is 1. The van der Waals surface area contributed by atoms with E-state index in [4.69, 9.17) is 14.2 Å². The number of hydrogen-bond donors (Lipinski definition) is 0. The van der Waals surface area contributed by atoms with Crippen LogP contribution in [0.4, 0.5) is 0 Å². The van der Waals surface area contributed by atoms with E-state index in [2.05, 4.69) is 62.5 Å². The summed E-state index contributed by atoms with van der Waals surface area (Å²) in [7, 11) is 3.93. The molecule has 1 rings (SSSR count). The Balaban J connectivity index is 2.46. The molecule has 0 aliphatic carbocycles. The van der Waals surface area contributed by atoms with Crippen molar-refractivity contribution in [3.8, 4) is 11.5 Å². The molecule has 0 spiro atoms. The molecule has 0 aromatic heterocycles. The van der Waals surface area contributed by atoms with Crippen LogP contribution < -0.4 is 9.47 Å². The SMILES string of the molecule is CCCCC/C=C\C/C=C\CCCCCCCC(=O)Oc1cc(COC(=O)CCCN(C)C)cc(OC(=O)CCCCCCC/C=C\C/C=C\CCCCC)c1. The number of unbranched alkanes of at least 4 members (excludes halogenated alkanes) is 16. The van der Waals surface area contributed by atoms with E-state index in [0.717, 1.165) is 96.4 Å². The van der Waals surface area contributed by atoms with Gasteiger partial charge in [0, 0.05) is 25.3 Å². The number of benzene rings is 1. The lowest BCUT2D eigenvalue weighted by atomic mass is 10.1. The smallest absolute Gasteiger partial charge is 0.311 e. The molecule has 7 heteroatoms. The van der Waals surface area contributed by atoms with Crippen LogP contribution in [0, 0.1) is 0 Å². The van der Waals surface area contributed by atoms with Gasteiger partial charge in [0.15, 0.2) is 0 Å². The number of hydrogen-bond acceptors (Lipinski definition) is 7. The maximum Gasteiger partial charge on any atom is 0.311 e. The third kappa shape index (κ3) is 32.8. The highest BCUT2D eigenvalue weighted by Gasteiger charge is 2.13. The minimum atomic E-state index is -0.323. The summed E-state index contributed by atoms with van der Waals surface area (Å²) < 4.78 is 16.9. The Hall–Kier alpha value is -3.45. The van der Waals surface area contributed by atoms with Crippen molar-refractivity contribution in [3.63, 3.8) is 0 Å². The fourth-order valence-corrected chi connectivity index (χ4v) is 6.13. The lowest BCUT2D eigenvalue weighted by Gasteiger charge is -2.12. The van der Waals surface area contributed by atoms with Crippen molar-refractivity contribution in [3.05, 3.63) is 72.4 Å². The standard InChI is InChI=1S/C49H79NO6/c1-5-7-9-11-13-15-17-19-21-23-25-27-29-31-33-36-48(52)55-45-40-44(43-54-47(51)38-35-39-50(3)4)41-46(42-45)56-49(53)37-34-32-30-28-26-24-22-20-18-16-14-12-10-8-6-2/h13-16,19-22,40-42H,5-12,17-18,23-39,43H2,1-4H3/b15-13-,16-14-,21-19-,22-20-. The number of allylic oxidation sites excluding steroid dienone is 8. The monoisotopic (exact) mass is 778 g/mol. The van der Waals surface area contributed by atoms with Gasteiger partial charge in [-0.25, -0.2) is 0 Å². The van der Waals surface area contributed by atoms with E-state index < -0.39 is 0 Å². The molecule has 0 N–H and O–H groups in total. The molecule has 0 heterocycles. The minimum absolute atomic E-state index is 0.00656. The highest BCUT2D eigenvalue weighted by Crippen LogP contribution is 2.25. The van der Waals surface area contributed by atoms with Crippen LogP contribution in [-0.2, 0) is 25.7 Å². The molecule has 0 atom stereocenters. The highest BCUT2D eigenvalue weighted by molar-refractivity contribution is 5.74. The van der Waals surface area contributed by atoms with Gasteiger partial charge in [0.25, 0.3) is 0 Å². The Kier molecular flexibility index (Phi) is 33.5. The molecular weight excluding hydrogens is 699 g/mol. The van der Waals surface area contributed by atoms with Crippen molar-refractivity contribution in [2.45, 2.75) is 187 Å². The lowest BCUT2D eigenvalue weighted by molar-refractivity contribution is -0.145. The number of esters is 3. The molecule has 0 fully saturated rings. The van der Waals surface area contributed by atoms with Crippen LogP contribution >= 0.6 is 0 Å². The first-order valence-electron chi connectivity index (χ1n) is 22.3. The van der Waals surface area contributed by atoms with Crippen molar-refractivity contribution in [1.82, 2.24) is 4.90 Å². The van der Waals surface area contributed by atoms with Gasteiger partial charge in [0.1, 0.15) is 18.1 Å². The number of ether oxygens (including phenoxy) is 3. The van der Waals surface area contributed by atoms with Crippen LogP contribution in [0.15, 0.2) is 66.8 Å². The molecule has 0 amide bonds. The zero-order chi connectivity index (χ0) is 40.7. The first-order valence-corrected chi connectivity index (χ1v) is 22.3.